The van der Waals surface area contributed by atoms with Crippen LogP contribution in [0.3, 0.4) is 0 Å². The van der Waals surface area contributed by atoms with Crippen molar-refractivity contribution < 1.29 is 36.6 Å². The fourth-order valence-corrected chi connectivity index (χ4v) is 15.4. The molecule has 12 heteroatoms. The topological polar surface area (TPSA) is 104 Å². The van der Waals surface area contributed by atoms with E-state index in [1.54, 1.807) is 35.6 Å². The first-order valence-corrected chi connectivity index (χ1v) is 22.4. The summed E-state index contributed by atoms with van der Waals surface area (Å²) in [6, 6.07) is 20.7. The van der Waals surface area contributed by atoms with Crippen LogP contribution in [0.2, 0.25) is 16.6 Å². The van der Waals surface area contributed by atoms with Gasteiger partial charge in [-0.2, -0.15) is 4.31 Å². The molecule has 2 heterocycles. The Morgan fingerprint density at radius 2 is 1.51 bits per heavy atom. The van der Waals surface area contributed by atoms with Gasteiger partial charge in [0, 0.05) is 39.3 Å². The van der Waals surface area contributed by atoms with E-state index in [2.05, 4.69) is 41.5 Å². The molecular formula is C41H58N2O8SSi. The van der Waals surface area contributed by atoms with Gasteiger partial charge in [0.05, 0.1) is 36.5 Å². The third-order valence-electron chi connectivity index (χ3n) is 11.0. The van der Waals surface area contributed by atoms with Crippen molar-refractivity contribution in [2.24, 2.45) is 0 Å². The summed E-state index contributed by atoms with van der Waals surface area (Å²) in [4.78, 5) is 14.9. The Bertz CT molecular complexity index is 1760. The standard InChI is InChI=1S/C41H58N2O8SSi/c1-28(2)53(29(3)4,30(5)6)51-39-25-42(52(45,46)35-18-11-31(7)12-19-35)24-38(41(39)33-14-16-34(48-9)17-15-33)49-26-32-13-20-37-36(23-32)43(21-10-22-47-8)40(44)27-50-37/h11-20,23,28-30,38-39,41H,10,21-22,24-27H2,1-9H3/t38-,39+,41+/m0/s1. The largest absolute Gasteiger partial charge is 0.497 e. The lowest BCUT2D eigenvalue weighted by molar-refractivity contribution is -0.121. The summed E-state index contributed by atoms with van der Waals surface area (Å²) in [5.41, 5.74) is 4.39. The van der Waals surface area contributed by atoms with E-state index in [0.29, 0.717) is 31.0 Å². The van der Waals surface area contributed by atoms with Gasteiger partial charge in [-0.3, -0.25) is 4.79 Å². The number of rotatable bonds is 16. The smallest absolute Gasteiger partial charge is 0.265 e. The Hall–Kier alpha value is -3.26. The number of nitrogens with zero attached hydrogens (tertiary/aromatic N) is 2. The Labute approximate surface area is 317 Å². The molecule has 1 fully saturated rings. The predicted octanol–water partition coefficient (Wildman–Crippen LogP) is 7.70. The van der Waals surface area contributed by atoms with Gasteiger partial charge in [-0.05, 0) is 77.5 Å². The van der Waals surface area contributed by atoms with Crippen LogP contribution in [-0.2, 0) is 35.3 Å². The van der Waals surface area contributed by atoms with E-state index in [1.807, 2.05) is 61.5 Å². The first kappa shape index (κ1) is 40.9. The minimum atomic E-state index is -3.90. The fourth-order valence-electron chi connectivity index (χ4n) is 8.34. The second-order valence-electron chi connectivity index (χ2n) is 15.2. The molecule has 0 radical (unpaired) electrons. The summed E-state index contributed by atoms with van der Waals surface area (Å²) in [5.74, 6) is 0.991. The van der Waals surface area contributed by atoms with Crippen molar-refractivity contribution in [1.82, 2.24) is 4.31 Å². The number of amides is 1. The van der Waals surface area contributed by atoms with Gasteiger partial charge in [0.2, 0.25) is 18.3 Å². The molecule has 10 nitrogen and oxygen atoms in total. The summed E-state index contributed by atoms with van der Waals surface area (Å²) in [7, 11) is -3.11. The summed E-state index contributed by atoms with van der Waals surface area (Å²) in [5, 5.41) is 0. The molecule has 0 bridgehead atoms. The van der Waals surface area contributed by atoms with E-state index in [9.17, 15) is 13.2 Å². The summed E-state index contributed by atoms with van der Waals surface area (Å²) in [6.07, 6.45) is -0.353. The lowest BCUT2D eigenvalue weighted by Crippen LogP contribution is -2.59. The first-order chi connectivity index (χ1) is 25.2. The summed E-state index contributed by atoms with van der Waals surface area (Å²) >= 11 is 0. The van der Waals surface area contributed by atoms with Gasteiger partial charge in [0.1, 0.15) is 11.5 Å². The SMILES string of the molecule is COCCCN1C(=O)COc2ccc(CO[C@H]3CN(S(=O)(=O)c4ccc(C)cc4)C[C@@H](O[Si](C(C)C)(C(C)C)C(C)C)[C@@H]3c3ccc(OC)cc3)cc21. The van der Waals surface area contributed by atoms with E-state index in [-0.39, 0.29) is 59.6 Å². The van der Waals surface area contributed by atoms with Crippen molar-refractivity contribution in [2.45, 2.75) is 101 Å². The summed E-state index contributed by atoms with van der Waals surface area (Å²) < 4.78 is 61.4. The normalized spacial score (nSPS) is 19.9. The Kier molecular flexibility index (Phi) is 13.5. The number of anilines is 1. The molecule has 290 valence electrons. The molecule has 1 saturated heterocycles. The number of piperidine rings is 1. The van der Waals surface area contributed by atoms with Gasteiger partial charge < -0.3 is 28.3 Å². The minimum absolute atomic E-state index is 0.0118. The molecule has 5 rings (SSSR count). The zero-order valence-corrected chi connectivity index (χ0v) is 34.6. The second kappa shape index (κ2) is 17.5. The van der Waals surface area contributed by atoms with E-state index in [1.165, 1.54) is 0 Å². The Balaban J connectivity index is 1.57. The molecule has 0 aromatic heterocycles. The monoisotopic (exact) mass is 766 g/mol. The van der Waals surface area contributed by atoms with E-state index < -0.39 is 30.5 Å². The molecule has 0 aliphatic carbocycles. The average Bonchev–Trinajstić information content (AvgIpc) is 3.13. The Morgan fingerprint density at radius 3 is 2.11 bits per heavy atom. The number of carbonyl (C=O) groups is 1. The van der Waals surface area contributed by atoms with Crippen LogP contribution in [0, 0.1) is 6.92 Å². The minimum Gasteiger partial charge on any atom is -0.497 e. The van der Waals surface area contributed by atoms with Crippen LogP contribution in [0.15, 0.2) is 71.6 Å². The predicted molar refractivity (Wildman–Crippen MR) is 211 cm³/mol. The van der Waals surface area contributed by atoms with Crippen molar-refractivity contribution in [3.05, 3.63) is 83.4 Å². The Morgan fingerprint density at radius 1 is 0.868 bits per heavy atom. The lowest BCUT2D eigenvalue weighted by Gasteiger charge is -2.50. The van der Waals surface area contributed by atoms with Crippen molar-refractivity contribution in [2.75, 3.05) is 52.0 Å². The number of ether oxygens (including phenoxy) is 4. The van der Waals surface area contributed by atoms with Crippen LogP contribution in [0.1, 0.15) is 70.6 Å². The van der Waals surface area contributed by atoms with Crippen LogP contribution < -0.4 is 14.4 Å². The molecule has 3 atom stereocenters. The van der Waals surface area contributed by atoms with Crippen molar-refractivity contribution in [3.8, 4) is 11.5 Å². The number of sulfonamides is 1. The quantitative estimate of drug-likeness (QED) is 0.108. The molecule has 2 aliphatic heterocycles. The number of aryl methyl sites for hydroxylation is 1. The van der Waals surface area contributed by atoms with E-state index >= 15 is 0 Å². The van der Waals surface area contributed by atoms with Crippen LogP contribution in [-0.4, -0.2) is 86.2 Å². The van der Waals surface area contributed by atoms with Gasteiger partial charge in [-0.25, -0.2) is 8.42 Å². The van der Waals surface area contributed by atoms with Gasteiger partial charge >= 0.3 is 0 Å². The van der Waals surface area contributed by atoms with Gasteiger partial charge in [0.25, 0.3) is 5.91 Å². The molecule has 3 aromatic rings. The van der Waals surface area contributed by atoms with Crippen LogP contribution in [0.5, 0.6) is 11.5 Å². The van der Waals surface area contributed by atoms with E-state index in [4.69, 9.17) is 23.4 Å². The zero-order chi connectivity index (χ0) is 38.5. The highest BCUT2D eigenvalue weighted by Gasteiger charge is 2.51. The zero-order valence-electron chi connectivity index (χ0n) is 32.8. The highest BCUT2D eigenvalue weighted by atomic mass is 32.2. The molecule has 0 saturated carbocycles. The number of carbonyl (C=O) groups excluding carboxylic acids is 1. The number of benzene rings is 3. The molecule has 0 spiro atoms. The van der Waals surface area contributed by atoms with E-state index in [0.717, 1.165) is 22.4 Å². The van der Waals surface area contributed by atoms with Crippen LogP contribution in [0.4, 0.5) is 5.69 Å². The third-order valence-corrected chi connectivity index (χ3v) is 18.9. The maximum absolute atomic E-state index is 14.4. The lowest BCUT2D eigenvalue weighted by atomic mass is 9.85. The molecule has 3 aromatic carbocycles. The van der Waals surface area contributed by atoms with Crippen molar-refractivity contribution in [1.29, 1.82) is 0 Å². The molecule has 53 heavy (non-hydrogen) atoms. The fraction of sp³-hybridized carbons (Fsp3) is 0.537. The summed E-state index contributed by atoms with van der Waals surface area (Å²) in [6.45, 7) is 17.0. The van der Waals surface area contributed by atoms with Crippen LogP contribution in [0.25, 0.3) is 0 Å². The molecule has 0 N–H and O–H groups in total. The van der Waals surface area contributed by atoms with Crippen molar-refractivity contribution in [3.63, 3.8) is 0 Å². The van der Waals surface area contributed by atoms with Crippen molar-refractivity contribution >= 4 is 29.9 Å². The number of methoxy groups -OCH3 is 2. The highest BCUT2D eigenvalue weighted by molar-refractivity contribution is 7.89. The maximum Gasteiger partial charge on any atom is 0.265 e. The molecule has 0 unspecified atom stereocenters. The van der Waals surface area contributed by atoms with Gasteiger partial charge in [-0.15, -0.1) is 0 Å². The average molecular weight is 767 g/mol. The first-order valence-electron chi connectivity index (χ1n) is 18.8. The number of hydrogen-bond donors (Lipinski definition) is 0. The van der Waals surface area contributed by atoms with Gasteiger partial charge in [-0.1, -0.05) is 77.4 Å². The molecule has 2 aliphatic rings. The maximum atomic E-state index is 14.4. The molecule has 1 amide bonds. The van der Waals surface area contributed by atoms with Crippen LogP contribution >= 0.6 is 0 Å². The molecular weight excluding hydrogens is 709 g/mol. The van der Waals surface area contributed by atoms with Gasteiger partial charge in [0.15, 0.2) is 6.61 Å². The number of fused-ring (bicyclic) bond motifs is 1. The second-order valence-corrected chi connectivity index (χ2v) is 22.6. The highest BCUT2D eigenvalue weighted by Crippen LogP contribution is 2.47. The number of hydrogen-bond acceptors (Lipinski definition) is 8. The third kappa shape index (κ3) is 8.84.